The fraction of sp³-hybridized carbons (Fsp3) is 0.727. The maximum absolute atomic E-state index is 5.96. The fourth-order valence-corrected chi connectivity index (χ4v) is 4.52. The fourth-order valence-electron chi connectivity index (χ4n) is 4.52. The number of rotatable bonds is 6. The summed E-state index contributed by atoms with van der Waals surface area (Å²) in [5.74, 6) is 1.75. The van der Waals surface area contributed by atoms with Crippen molar-refractivity contribution < 1.29 is 9.47 Å². The lowest BCUT2D eigenvalue weighted by atomic mass is 10.2. The number of nitrogens with zero attached hydrogens (tertiary/aromatic N) is 4. The van der Waals surface area contributed by atoms with Crippen molar-refractivity contribution in [1.82, 2.24) is 20.1 Å². The van der Waals surface area contributed by atoms with E-state index in [4.69, 9.17) is 14.5 Å². The zero-order chi connectivity index (χ0) is 19.9. The number of nitrogens with one attached hydrogen (secondary N) is 1. The number of hydrogen-bond acceptors (Lipinski definition) is 5. The predicted molar refractivity (Wildman–Crippen MR) is 114 cm³/mol. The molecule has 0 amide bonds. The molecule has 1 N–H and O–H groups in total. The van der Waals surface area contributed by atoms with Crippen LogP contribution >= 0.6 is 0 Å². The quantitative estimate of drug-likeness (QED) is 0.583. The van der Waals surface area contributed by atoms with E-state index in [1.807, 2.05) is 12.3 Å². The summed E-state index contributed by atoms with van der Waals surface area (Å²) in [6.45, 7) is 9.55. The third kappa shape index (κ3) is 5.60. The summed E-state index contributed by atoms with van der Waals surface area (Å²) >= 11 is 0. The van der Waals surface area contributed by atoms with Crippen molar-refractivity contribution in [1.29, 1.82) is 0 Å². The van der Waals surface area contributed by atoms with E-state index in [0.717, 1.165) is 76.2 Å². The molecular weight excluding hydrogens is 366 g/mol. The van der Waals surface area contributed by atoms with E-state index in [1.165, 1.54) is 19.3 Å². The molecule has 7 nitrogen and oxygen atoms in total. The molecule has 7 heteroatoms. The Bertz CT molecular complexity index is 654. The molecule has 160 valence electrons. The summed E-state index contributed by atoms with van der Waals surface area (Å²) in [4.78, 5) is 14.3. The van der Waals surface area contributed by atoms with E-state index in [2.05, 4.69) is 33.1 Å². The Morgan fingerprint density at radius 3 is 2.76 bits per heavy atom. The maximum Gasteiger partial charge on any atom is 0.213 e. The van der Waals surface area contributed by atoms with Gasteiger partial charge >= 0.3 is 0 Å². The molecule has 2 saturated heterocycles. The summed E-state index contributed by atoms with van der Waals surface area (Å²) in [6, 6.07) is 4.68. The number of morpholine rings is 1. The van der Waals surface area contributed by atoms with Crippen LogP contribution in [0, 0.1) is 0 Å². The van der Waals surface area contributed by atoms with Crippen LogP contribution in [-0.2, 0) is 11.3 Å². The highest BCUT2D eigenvalue weighted by molar-refractivity contribution is 5.80. The molecule has 1 aromatic heterocycles. The molecule has 4 rings (SSSR count). The Morgan fingerprint density at radius 1 is 1.21 bits per heavy atom. The van der Waals surface area contributed by atoms with E-state index < -0.39 is 0 Å². The van der Waals surface area contributed by atoms with Crippen LogP contribution in [0.1, 0.15) is 44.6 Å². The molecule has 2 aliphatic heterocycles. The summed E-state index contributed by atoms with van der Waals surface area (Å²) in [5.41, 5.74) is 1.11. The Kier molecular flexibility index (Phi) is 7.22. The molecule has 3 heterocycles. The summed E-state index contributed by atoms with van der Waals surface area (Å²) in [6.07, 6.45) is 8.29. The van der Waals surface area contributed by atoms with Crippen LogP contribution in [0.4, 0.5) is 0 Å². The maximum atomic E-state index is 5.96. The van der Waals surface area contributed by atoms with Gasteiger partial charge in [0.05, 0.1) is 19.8 Å². The van der Waals surface area contributed by atoms with Gasteiger partial charge in [-0.25, -0.2) is 9.98 Å². The summed E-state index contributed by atoms with van der Waals surface area (Å²) < 4.78 is 11.5. The molecule has 0 bridgehead atoms. The van der Waals surface area contributed by atoms with Crippen molar-refractivity contribution in [2.75, 3.05) is 45.9 Å². The van der Waals surface area contributed by atoms with Gasteiger partial charge in [-0.05, 0) is 44.6 Å². The zero-order valence-corrected chi connectivity index (χ0v) is 17.7. The highest BCUT2D eigenvalue weighted by atomic mass is 16.5. The smallest absolute Gasteiger partial charge is 0.213 e. The van der Waals surface area contributed by atoms with E-state index in [-0.39, 0.29) is 0 Å². The van der Waals surface area contributed by atoms with Crippen molar-refractivity contribution in [2.45, 2.75) is 57.7 Å². The number of aromatic nitrogens is 1. The van der Waals surface area contributed by atoms with Gasteiger partial charge in [0.15, 0.2) is 5.96 Å². The highest BCUT2D eigenvalue weighted by Gasteiger charge is 2.30. The Morgan fingerprint density at radius 2 is 2.03 bits per heavy atom. The SMILES string of the molecule is CCNC(=NCc1ccc(OC2CCCC2)nc1)N1CCC(N2CCOCC2)C1. The first-order valence-electron chi connectivity index (χ1n) is 11.3. The second kappa shape index (κ2) is 10.3. The average molecular weight is 402 g/mol. The van der Waals surface area contributed by atoms with Gasteiger partial charge in [-0.15, -0.1) is 0 Å². The van der Waals surface area contributed by atoms with Crippen molar-refractivity contribution in [3.8, 4) is 5.88 Å². The van der Waals surface area contributed by atoms with Crippen molar-refractivity contribution in [3.63, 3.8) is 0 Å². The third-order valence-electron chi connectivity index (χ3n) is 6.16. The first-order chi connectivity index (χ1) is 14.3. The Labute approximate surface area is 174 Å². The minimum absolute atomic E-state index is 0.348. The molecule has 29 heavy (non-hydrogen) atoms. The number of likely N-dealkylation sites (tertiary alicyclic amines) is 1. The first kappa shape index (κ1) is 20.4. The van der Waals surface area contributed by atoms with Crippen LogP contribution in [0.25, 0.3) is 0 Å². The minimum atomic E-state index is 0.348. The van der Waals surface area contributed by atoms with Crippen molar-refractivity contribution in [2.24, 2.45) is 4.99 Å². The van der Waals surface area contributed by atoms with Crippen molar-refractivity contribution >= 4 is 5.96 Å². The van der Waals surface area contributed by atoms with Crippen LogP contribution in [0.3, 0.4) is 0 Å². The first-order valence-corrected chi connectivity index (χ1v) is 11.3. The highest BCUT2D eigenvalue weighted by Crippen LogP contribution is 2.23. The summed E-state index contributed by atoms with van der Waals surface area (Å²) in [7, 11) is 0. The topological polar surface area (TPSA) is 62.2 Å². The van der Waals surface area contributed by atoms with E-state index >= 15 is 0 Å². The second-order valence-corrected chi connectivity index (χ2v) is 8.24. The molecule has 0 spiro atoms. The molecule has 1 unspecified atom stereocenters. The number of hydrogen-bond donors (Lipinski definition) is 1. The van der Waals surface area contributed by atoms with Crippen LogP contribution in [-0.4, -0.2) is 78.8 Å². The van der Waals surface area contributed by atoms with Gasteiger partial charge in [0, 0.05) is 51.0 Å². The molecule has 3 aliphatic rings. The zero-order valence-electron chi connectivity index (χ0n) is 17.7. The number of pyridine rings is 1. The predicted octanol–water partition coefficient (Wildman–Crippen LogP) is 2.28. The lowest BCUT2D eigenvalue weighted by Crippen LogP contribution is -2.46. The molecule has 1 atom stereocenters. The standard InChI is InChI=1S/C22H35N5O2/c1-2-23-22(27-10-9-19(17-27)26-11-13-28-14-12-26)25-16-18-7-8-21(24-15-18)29-20-5-3-4-6-20/h7-8,15,19-20H,2-6,9-14,16-17H2,1H3,(H,23,25). The third-order valence-corrected chi connectivity index (χ3v) is 6.16. The average Bonchev–Trinajstić information content (AvgIpc) is 3.45. The largest absolute Gasteiger partial charge is 0.474 e. The lowest BCUT2D eigenvalue weighted by molar-refractivity contribution is 0.0195. The van der Waals surface area contributed by atoms with Gasteiger partial charge in [0.2, 0.25) is 5.88 Å². The summed E-state index contributed by atoms with van der Waals surface area (Å²) in [5, 5.41) is 3.47. The van der Waals surface area contributed by atoms with Gasteiger partial charge in [-0.3, -0.25) is 4.90 Å². The van der Waals surface area contributed by atoms with Gasteiger partial charge in [-0.2, -0.15) is 0 Å². The molecule has 3 fully saturated rings. The van der Waals surface area contributed by atoms with E-state index in [9.17, 15) is 0 Å². The molecule has 1 saturated carbocycles. The van der Waals surface area contributed by atoms with Crippen molar-refractivity contribution in [3.05, 3.63) is 23.9 Å². The van der Waals surface area contributed by atoms with Gasteiger partial charge in [0.1, 0.15) is 6.10 Å². The van der Waals surface area contributed by atoms with Crippen LogP contribution in [0.5, 0.6) is 5.88 Å². The molecular formula is C22H35N5O2. The van der Waals surface area contributed by atoms with Crippen LogP contribution < -0.4 is 10.1 Å². The van der Waals surface area contributed by atoms with Gasteiger partial charge < -0.3 is 19.7 Å². The Hall–Kier alpha value is -1.86. The van der Waals surface area contributed by atoms with E-state index in [0.29, 0.717) is 18.7 Å². The molecule has 0 radical (unpaired) electrons. The van der Waals surface area contributed by atoms with Crippen LogP contribution in [0.15, 0.2) is 23.3 Å². The van der Waals surface area contributed by atoms with Gasteiger partial charge in [-0.1, -0.05) is 6.07 Å². The molecule has 0 aromatic carbocycles. The molecule has 1 aromatic rings. The molecule has 1 aliphatic carbocycles. The lowest BCUT2D eigenvalue weighted by Gasteiger charge is -2.32. The number of ether oxygens (including phenoxy) is 2. The number of guanidine groups is 1. The monoisotopic (exact) mass is 401 g/mol. The van der Waals surface area contributed by atoms with Gasteiger partial charge in [0.25, 0.3) is 0 Å². The van der Waals surface area contributed by atoms with E-state index in [1.54, 1.807) is 0 Å². The second-order valence-electron chi connectivity index (χ2n) is 8.24. The van der Waals surface area contributed by atoms with Crippen LogP contribution in [0.2, 0.25) is 0 Å². The number of aliphatic imine (C=N–C) groups is 1. The minimum Gasteiger partial charge on any atom is -0.474 e. The normalized spacial score (nSPS) is 24.2. The Balaban J connectivity index is 1.32.